The topological polar surface area (TPSA) is 67.4 Å². The van der Waals surface area contributed by atoms with Gasteiger partial charge in [0.2, 0.25) is 10.0 Å². The molecule has 0 aromatic heterocycles. The summed E-state index contributed by atoms with van der Waals surface area (Å²) < 4.78 is 32.6. The molecule has 2 aromatic rings. The number of hydrogen-bond donors (Lipinski definition) is 2. The monoisotopic (exact) mass is 464 g/mol. The van der Waals surface area contributed by atoms with Crippen molar-refractivity contribution in [2.75, 3.05) is 26.0 Å². The highest BCUT2D eigenvalue weighted by Gasteiger charge is 2.29. The van der Waals surface area contributed by atoms with Gasteiger partial charge in [0.1, 0.15) is 12.4 Å². The Balaban J connectivity index is 0.00000272. The van der Waals surface area contributed by atoms with Gasteiger partial charge in [0, 0.05) is 18.5 Å². The molecule has 2 aliphatic rings. The van der Waals surface area contributed by atoms with Crippen LogP contribution in [0.4, 0.5) is 0 Å². The van der Waals surface area contributed by atoms with Crippen LogP contribution in [0.3, 0.4) is 0 Å². The Morgan fingerprint density at radius 3 is 2.55 bits per heavy atom. The number of ether oxygens (including phenoxy) is 1. The number of rotatable bonds is 10. The van der Waals surface area contributed by atoms with Crippen molar-refractivity contribution in [3.05, 3.63) is 65.2 Å². The first-order chi connectivity index (χ1) is 14.5. The number of hydrogen-bond acceptors (Lipinski definition) is 4. The third kappa shape index (κ3) is 6.69. The Morgan fingerprint density at radius 2 is 1.84 bits per heavy atom. The summed E-state index contributed by atoms with van der Waals surface area (Å²) in [6, 6.07) is 17.4. The summed E-state index contributed by atoms with van der Waals surface area (Å²) in [5.74, 6) is 1.80. The fraction of sp³-hybridized carbons (Fsp3) is 0.500. The molecule has 0 heterocycles. The van der Waals surface area contributed by atoms with Gasteiger partial charge in [-0.1, -0.05) is 36.4 Å². The molecular formula is C24H33ClN2O3S. The van der Waals surface area contributed by atoms with Crippen LogP contribution in [0.25, 0.3) is 0 Å². The van der Waals surface area contributed by atoms with Crippen molar-refractivity contribution in [1.29, 1.82) is 0 Å². The van der Waals surface area contributed by atoms with Gasteiger partial charge in [-0.05, 0) is 73.9 Å². The minimum absolute atomic E-state index is 0. The van der Waals surface area contributed by atoms with Gasteiger partial charge in [-0.25, -0.2) is 13.1 Å². The molecule has 2 aliphatic carbocycles. The second-order valence-electron chi connectivity index (χ2n) is 8.56. The lowest BCUT2D eigenvalue weighted by Gasteiger charge is -2.34. The predicted molar refractivity (Wildman–Crippen MR) is 128 cm³/mol. The van der Waals surface area contributed by atoms with E-state index in [0.29, 0.717) is 31.0 Å². The van der Waals surface area contributed by atoms with Gasteiger partial charge in [0.05, 0.1) is 5.75 Å². The molecule has 0 saturated heterocycles. The molecular weight excluding hydrogens is 432 g/mol. The lowest BCUT2D eigenvalue weighted by atomic mass is 9.76. The second-order valence-corrected chi connectivity index (χ2v) is 10.4. The van der Waals surface area contributed by atoms with E-state index in [2.05, 4.69) is 52.5 Å². The Morgan fingerprint density at radius 1 is 1.06 bits per heavy atom. The van der Waals surface area contributed by atoms with Gasteiger partial charge < -0.3 is 10.1 Å². The van der Waals surface area contributed by atoms with Crippen molar-refractivity contribution in [3.63, 3.8) is 0 Å². The molecule has 1 saturated carbocycles. The highest BCUT2D eigenvalue weighted by molar-refractivity contribution is 7.89. The summed E-state index contributed by atoms with van der Waals surface area (Å²) in [7, 11) is -1.14. The molecule has 5 nitrogen and oxygen atoms in total. The fourth-order valence-corrected chi connectivity index (χ4v) is 5.92. The zero-order chi connectivity index (χ0) is 21.0. The van der Waals surface area contributed by atoms with Crippen molar-refractivity contribution in [1.82, 2.24) is 10.0 Å². The maximum Gasteiger partial charge on any atom is 0.211 e. The van der Waals surface area contributed by atoms with Crippen LogP contribution >= 0.6 is 12.4 Å². The van der Waals surface area contributed by atoms with Gasteiger partial charge in [-0.3, -0.25) is 0 Å². The molecule has 4 rings (SSSR count). The van der Waals surface area contributed by atoms with Crippen LogP contribution < -0.4 is 14.8 Å². The minimum Gasteiger partial charge on any atom is -0.492 e. The van der Waals surface area contributed by atoms with Crippen molar-refractivity contribution < 1.29 is 13.2 Å². The zero-order valence-corrected chi connectivity index (χ0v) is 19.7. The van der Waals surface area contributed by atoms with Crippen LogP contribution in [0.1, 0.15) is 41.9 Å². The number of nitrogens with one attached hydrogen (secondary N) is 2. The lowest BCUT2D eigenvalue weighted by molar-refractivity contribution is 0.320. The summed E-state index contributed by atoms with van der Waals surface area (Å²) in [4.78, 5) is 0. The average Bonchev–Trinajstić information content (AvgIpc) is 3.55. The molecule has 7 heteroatoms. The molecule has 0 spiro atoms. The molecule has 2 atom stereocenters. The predicted octanol–water partition coefficient (Wildman–Crippen LogP) is 3.68. The van der Waals surface area contributed by atoms with Gasteiger partial charge in [-0.15, -0.1) is 12.4 Å². The number of fused-ring (bicyclic) bond motifs is 1. The van der Waals surface area contributed by atoms with E-state index >= 15 is 0 Å². The maximum atomic E-state index is 12.0. The van der Waals surface area contributed by atoms with E-state index in [4.69, 9.17) is 4.74 Å². The number of sulfonamides is 1. The molecule has 31 heavy (non-hydrogen) atoms. The van der Waals surface area contributed by atoms with Crippen LogP contribution in [-0.2, 0) is 22.9 Å². The van der Waals surface area contributed by atoms with E-state index in [9.17, 15) is 8.42 Å². The number of halogens is 1. The van der Waals surface area contributed by atoms with Crippen molar-refractivity contribution in [2.45, 2.75) is 44.1 Å². The Kier molecular flexibility index (Phi) is 8.39. The molecule has 0 bridgehead atoms. The maximum absolute atomic E-state index is 12.0. The molecule has 2 aromatic carbocycles. The van der Waals surface area contributed by atoms with Gasteiger partial charge in [-0.2, -0.15) is 0 Å². The van der Waals surface area contributed by atoms with E-state index in [-0.39, 0.29) is 18.2 Å². The average molecular weight is 465 g/mol. The van der Waals surface area contributed by atoms with Crippen LogP contribution in [0, 0.1) is 5.92 Å². The van der Waals surface area contributed by atoms with E-state index in [1.54, 1.807) is 0 Å². The molecule has 2 N–H and O–H groups in total. The van der Waals surface area contributed by atoms with Crippen LogP contribution in [-0.4, -0.2) is 40.4 Å². The quantitative estimate of drug-likeness (QED) is 0.526. The van der Waals surface area contributed by atoms with E-state index < -0.39 is 10.0 Å². The molecule has 0 aliphatic heterocycles. The first-order valence-electron chi connectivity index (χ1n) is 11.0. The third-order valence-corrected chi connectivity index (χ3v) is 7.80. The van der Waals surface area contributed by atoms with Crippen LogP contribution in [0.2, 0.25) is 0 Å². The van der Waals surface area contributed by atoms with Crippen molar-refractivity contribution >= 4 is 22.4 Å². The van der Waals surface area contributed by atoms with Gasteiger partial charge in [0.25, 0.3) is 0 Å². The van der Waals surface area contributed by atoms with E-state index in [1.807, 2.05) is 13.1 Å². The molecule has 170 valence electrons. The van der Waals surface area contributed by atoms with Crippen molar-refractivity contribution in [3.8, 4) is 5.75 Å². The lowest BCUT2D eigenvalue weighted by Crippen LogP contribution is -2.37. The summed E-state index contributed by atoms with van der Waals surface area (Å²) in [6.07, 6.45) is 5.25. The number of aryl methyl sites for hydroxylation is 1. The molecule has 2 unspecified atom stereocenters. The van der Waals surface area contributed by atoms with Gasteiger partial charge in [0.15, 0.2) is 0 Å². The highest BCUT2D eigenvalue weighted by atomic mass is 35.5. The Hall–Kier alpha value is -1.60. The third-order valence-electron chi connectivity index (χ3n) is 6.24. The Labute approximate surface area is 192 Å². The first-order valence-corrected chi connectivity index (χ1v) is 12.6. The minimum atomic E-state index is -3.18. The van der Waals surface area contributed by atoms with Gasteiger partial charge >= 0.3 is 0 Å². The number of benzene rings is 2. The van der Waals surface area contributed by atoms with Crippen LogP contribution in [0.5, 0.6) is 5.75 Å². The Bertz CT molecular complexity index is 949. The molecule has 0 radical (unpaired) electrons. The zero-order valence-electron chi connectivity index (χ0n) is 18.0. The molecule has 1 fully saturated rings. The molecule has 0 amide bonds. The summed E-state index contributed by atoms with van der Waals surface area (Å²) >= 11 is 0. The number of likely N-dealkylation sites (N-methyl/N-ethyl adjacent to an activating group) is 1. The fourth-order valence-electron chi connectivity index (χ4n) is 4.45. The normalized spacial score (nSPS) is 20.5. The van der Waals surface area contributed by atoms with Crippen molar-refractivity contribution in [2.24, 2.45) is 5.92 Å². The van der Waals surface area contributed by atoms with E-state index in [1.165, 1.54) is 16.7 Å². The standard InChI is InChI=1S/C24H32N2O3S.ClH/c1-25-24-12-10-20-9-11-21(29-14-13-26-30(27,28)17-19-7-8-19)16-22(20)23(24)15-18-5-3-2-4-6-18;/h2-6,9,11,16,19,23-26H,7-8,10,12-15,17H2,1H3;1H. The first kappa shape index (κ1) is 24.1. The largest absolute Gasteiger partial charge is 0.492 e. The smallest absolute Gasteiger partial charge is 0.211 e. The van der Waals surface area contributed by atoms with Crippen LogP contribution in [0.15, 0.2) is 48.5 Å². The highest BCUT2D eigenvalue weighted by Crippen LogP contribution is 2.36. The van der Waals surface area contributed by atoms with E-state index in [0.717, 1.165) is 37.9 Å². The second kappa shape index (κ2) is 10.8. The SMILES string of the molecule is CNC1CCc2ccc(OCCNS(=O)(=O)CC3CC3)cc2C1Cc1ccccc1.Cl. The summed E-state index contributed by atoms with van der Waals surface area (Å²) in [5, 5.41) is 3.51. The summed E-state index contributed by atoms with van der Waals surface area (Å²) in [5.41, 5.74) is 4.07. The summed E-state index contributed by atoms with van der Waals surface area (Å²) in [6.45, 7) is 0.639.